The molecule has 150 valence electrons. The lowest BCUT2D eigenvalue weighted by Gasteiger charge is -2.22. The van der Waals surface area contributed by atoms with E-state index in [0.717, 1.165) is 48.2 Å². The number of aromatic nitrogens is 4. The SMILES string of the molecule is Cc1c(C(=O)NCC2CCCNC2)nnn1-c1cccc2ncccc12.Cl.Cl. The fraction of sp³-hybridized carbons (Fsp3) is 0.368. The third kappa shape index (κ3) is 4.43. The zero-order chi connectivity index (χ0) is 17.9. The normalized spacial score (nSPS) is 16.1. The zero-order valence-corrected chi connectivity index (χ0v) is 17.2. The lowest BCUT2D eigenvalue weighted by Crippen LogP contribution is -2.38. The molecule has 0 aliphatic carbocycles. The molecule has 2 N–H and O–H groups in total. The molecule has 0 saturated carbocycles. The second-order valence-electron chi connectivity index (χ2n) is 6.70. The van der Waals surface area contributed by atoms with Crippen LogP contribution in [0.1, 0.15) is 29.0 Å². The summed E-state index contributed by atoms with van der Waals surface area (Å²) in [4.78, 5) is 16.9. The Labute approximate surface area is 176 Å². The van der Waals surface area contributed by atoms with Crippen molar-refractivity contribution < 1.29 is 4.79 Å². The summed E-state index contributed by atoms with van der Waals surface area (Å²) < 4.78 is 1.71. The number of halogens is 2. The number of carbonyl (C=O) groups excluding carboxylic acids is 1. The van der Waals surface area contributed by atoms with Gasteiger partial charge >= 0.3 is 0 Å². The van der Waals surface area contributed by atoms with Gasteiger partial charge in [0.2, 0.25) is 0 Å². The second-order valence-corrected chi connectivity index (χ2v) is 6.70. The van der Waals surface area contributed by atoms with Crippen molar-refractivity contribution in [2.24, 2.45) is 5.92 Å². The number of benzene rings is 1. The summed E-state index contributed by atoms with van der Waals surface area (Å²) in [6.07, 6.45) is 4.06. The highest BCUT2D eigenvalue weighted by atomic mass is 35.5. The highest BCUT2D eigenvalue weighted by Crippen LogP contribution is 2.21. The van der Waals surface area contributed by atoms with Crippen LogP contribution < -0.4 is 10.6 Å². The Hall–Kier alpha value is -2.22. The van der Waals surface area contributed by atoms with Crippen LogP contribution in [0.4, 0.5) is 0 Å². The lowest BCUT2D eigenvalue weighted by atomic mass is 10.00. The predicted octanol–water partition coefficient (Wildman–Crippen LogP) is 2.70. The molecule has 0 spiro atoms. The van der Waals surface area contributed by atoms with Gasteiger partial charge in [0.1, 0.15) is 0 Å². The molecule has 1 aromatic carbocycles. The Morgan fingerprint density at radius 3 is 2.93 bits per heavy atom. The summed E-state index contributed by atoms with van der Waals surface area (Å²) in [7, 11) is 0. The van der Waals surface area contributed by atoms with Crippen LogP contribution in [0.25, 0.3) is 16.6 Å². The Kier molecular flexibility index (Phi) is 7.74. The van der Waals surface area contributed by atoms with Crippen molar-refractivity contribution in [2.45, 2.75) is 19.8 Å². The molecule has 1 unspecified atom stereocenters. The van der Waals surface area contributed by atoms with Gasteiger partial charge in [0, 0.05) is 18.1 Å². The van der Waals surface area contributed by atoms with E-state index in [2.05, 4.69) is 25.9 Å². The maximum atomic E-state index is 12.6. The Morgan fingerprint density at radius 2 is 2.14 bits per heavy atom. The van der Waals surface area contributed by atoms with Crippen molar-refractivity contribution in [1.29, 1.82) is 0 Å². The first-order chi connectivity index (χ1) is 12.7. The minimum atomic E-state index is -0.169. The molecule has 3 heterocycles. The number of nitrogens with one attached hydrogen (secondary N) is 2. The third-order valence-corrected chi connectivity index (χ3v) is 4.91. The first-order valence-corrected chi connectivity index (χ1v) is 8.99. The molecular weight excluding hydrogens is 399 g/mol. The standard InChI is InChI=1S/C19H22N6O.2ClH/c1-13-18(19(26)22-12-14-5-3-9-20-11-14)23-24-25(13)17-8-2-7-16-15(17)6-4-10-21-16;;/h2,4,6-8,10,14,20H,3,5,9,11-12H2,1H3,(H,22,26);2*1H. The summed E-state index contributed by atoms with van der Waals surface area (Å²) in [5, 5.41) is 15.7. The highest BCUT2D eigenvalue weighted by molar-refractivity contribution is 5.94. The molecule has 4 rings (SSSR count). The fourth-order valence-corrected chi connectivity index (χ4v) is 3.46. The van der Waals surface area contributed by atoms with Crippen LogP contribution in [-0.2, 0) is 0 Å². The van der Waals surface area contributed by atoms with Gasteiger partial charge in [0.15, 0.2) is 5.69 Å². The molecule has 1 saturated heterocycles. The lowest BCUT2D eigenvalue weighted by molar-refractivity contribution is 0.0939. The Balaban J connectivity index is 0.00000140. The highest BCUT2D eigenvalue weighted by Gasteiger charge is 2.20. The van der Waals surface area contributed by atoms with Gasteiger partial charge in [-0.05, 0) is 63.0 Å². The fourth-order valence-electron chi connectivity index (χ4n) is 3.46. The van der Waals surface area contributed by atoms with Crippen molar-refractivity contribution >= 4 is 41.6 Å². The predicted molar refractivity (Wildman–Crippen MR) is 114 cm³/mol. The van der Waals surface area contributed by atoms with Crippen LogP contribution in [-0.4, -0.2) is 45.5 Å². The van der Waals surface area contributed by atoms with Crippen molar-refractivity contribution in [1.82, 2.24) is 30.6 Å². The average molecular weight is 423 g/mol. The van der Waals surface area contributed by atoms with E-state index in [1.807, 2.05) is 37.3 Å². The van der Waals surface area contributed by atoms with Gasteiger partial charge in [-0.2, -0.15) is 0 Å². The van der Waals surface area contributed by atoms with Crippen LogP contribution in [0.15, 0.2) is 36.5 Å². The van der Waals surface area contributed by atoms with Gasteiger partial charge in [-0.1, -0.05) is 11.3 Å². The maximum Gasteiger partial charge on any atom is 0.273 e. The minimum Gasteiger partial charge on any atom is -0.350 e. The maximum absolute atomic E-state index is 12.6. The van der Waals surface area contributed by atoms with Crippen LogP contribution in [0, 0.1) is 12.8 Å². The summed E-state index contributed by atoms with van der Waals surface area (Å²) in [5.74, 6) is 0.310. The average Bonchev–Trinajstić information content (AvgIpc) is 3.08. The molecule has 1 fully saturated rings. The number of hydrogen-bond acceptors (Lipinski definition) is 5. The molecule has 1 atom stereocenters. The molecule has 3 aromatic rings. The quantitative estimate of drug-likeness (QED) is 0.674. The van der Waals surface area contributed by atoms with Gasteiger partial charge in [-0.25, -0.2) is 4.68 Å². The molecule has 9 heteroatoms. The second kappa shape index (κ2) is 9.82. The monoisotopic (exact) mass is 422 g/mol. The van der Waals surface area contributed by atoms with Gasteiger partial charge in [-0.3, -0.25) is 9.78 Å². The number of nitrogens with zero attached hydrogens (tertiary/aromatic N) is 4. The molecule has 7 nitrogen and oxygen atoms in total. The van der Waals surface area contributed by atoms with E-state index in [-0.39, 0.29) is 30.7 Å². The van der Waals surface area contributed by atoms with Crippen LogP contribution >= 0.6 is 24.8 Å². The number of rotatable bonds is 4. The summed E-state index contributed by atoms with van der Waals surface area (Å²) >= 11 is 0. The minimum absolute atomic E-state index is 0. The first-order valence-electron chi connectivity index (χ1n) is 8.99. The number of carbonyl (C=O) groups is 1. The smallest absolute Gasteiger partial charge is 0.273 e. The van der Waals surface area contributed by atoms with Crippen molar-refractivity contribution in [2.75, 3.05) is 19.6 Å². The Bertz CT molecular complexity index is 934. The topological polar surface area (TPSA) is 84.7 Å². The van der Waals surface area contributed by atoms with E-state index in [0.29, 0.717) is 18.2 Å². The largest absolute Gasteiger partial charge is 0.350 e. The first kappa shape index (κ1) is 22.1. The number of hydrogen-bond donors (Lipinski definition) is 2. The van der Waals surface area contributed by atoms with Crippen molar-refractivity contribution in [3.63, 3.8) is 0 Å². The number of amides is 1. The molecule has 2 aromatic heterocycles. The summed E-state index contributed by atoms with van der Waals surface area (Å²) in [6, 6.07) is 9.73. The molecule has 1 aliphatic heterocycles. The van der Waals surface area contributed by atoms with Crippen molar-refractivity contribution in [3.8, 4) is 5.69 Å². The molecule has 0 radical (unpaired) electrons. The number of fused-ring (bicyclic) bond motifs is 1. The van der Waals surface area contributed by atoms with E-state index >= 15 is 0 Å². The van der Waals surface area contributed by atoms with E-state index < -0.39 is 0 Å². The van der Waals surface area contributed by atoms with Crippen LogP contribution in [0.2, 0.25) is 0 Å². The molecule has 1 amide bonds. The van der Waals surface area contributed by atoms with Crippen LogP contribution in [0.3, 0.4) is 0 Å². The van der Waals surface area contributed by atoms with Crippen LogP contribution in [0.5, 0.6) is 0 Å². The van der Waals surface area contributed by atoms with E-state index in [1.54, 1.807) is 10.9 Å². The summed E-state index contributed by atoms with van der Waals surface area (Å²) in [6.45, 7) is 4.55. The third-order valence-electron chi connectivity index (χ3n) is 4.91. The van der Waals surface area contributed by atoms with Gasteiger partial charge < -0.3 is 10.6 Å². The molecular formula is C19H24Cl2N6O. The zero-order valence-electron chi connectivity index (χ0n) is 15.6. The van der Waals surface area contributed by atoms with E-state index in [4.69, 9.17) is 0 Å². The van der Waals surface area contributed by atoms with Gasteiger partial charge in [0.05, 0.1) is 16.9 Å². The van der Waals surface area contributed by atoms with E-state index in [9.17, 15) is 4.79 Å². The van der Waals surface area contributed by atoms with Gasteiger partial charge in [0.25, 0.3) is 5.91 Å². The van der Waals surface area contributed by atoms with E-state index in [1.165, 1.54) is 0 Å². The number of pyridine rings is 1. The van der Waals surface area contributed by atoms with Gasteiger partial charge in [-0.15, -0.1) is 29.9 Å². The summed E-state index contributed by atoms with van der Waals surface area (Å²) in [5.41, 5.74) is 2.85. The van der Waals surface area contributed by atoms with Crippen molar-refractivity contribution in [3.05, 3.63) is 47.9 Å². The molecule has 1 aliphatic rings. The number of piperidine rings is 1. The molecule has 28 heavy (non-hydrogen) atoms. The Morgan fingerprint density at radius 1 is 1.29 bits per heavy atom. The molecule has 0 bridgehead atoms.